The van der Waals surface area contributed by atoms with Gasteiger partial charge in [-0.05, 0) is 24.2 Å². The molecule has 106 valence electrons. The lowest BCUT2D eigenvalue weighted by molar-refractivity contribution is 0.0779. The Bertz CT molecular complexity index is 598. The van der Waals surface area contributed by atoms with E-state index in [1.54, 1.807) is 35.5 Å². The van der Waals surface area contributed by atoms with Gasteiger partial charge >= 0.3 is 0 Å². The topological polar surface area (TPSA) is 79.5 Å². The fourth-order valence-electron chi connectivity index (χ4n) is 1.84. The molecule has 0 aliphatic carbocycles. The number of phenolic OH excluding ortho intramolecular Hbond substituents is 1. The van der Waals surface area contributed by atoms with Crippen LogP contribution in [0, 0.1) is 0 Å². The Morgan fingerprint density at radius 2 is 2.30 bits per heavy atom. The SMILES string of the molecule is CN(Cc1cccc(O)c1)C(=O)c1csc(CCN)n1. The maximum atomic E-state index is 12.2. The average Bonchev–Trinajstić information content (AvgIpc) is 2.87. The highest BCUT2D eigenvalue weighted by atomic mass is 32.1. The number of nitrogens with zero attached hydrogens (tertiary/aromatic N) is 2. The summed E-state index contributed by atoms with van der Waals surface area (Å²) in [6, 6.07) is 6.87. The number of hydrogen-bond donors (Lipinski definition) is 2. The lowest BCUT2D eigenvalue weighted by Gasteiger charge is -2.16. The first-order valence-electron chi connectivity index (χ1n) is 6.28. The van der Waals surface area contributed by atoms with Crippen LogP contribution in [-0.2, 0) is 13.0 Å². The van der Waals surface area contributed by atoms with Gasteiger partial charge in [0.15, 0.2) is 0 Å². The van der Waals surface area contributed by atoms with Crippen LogP contribution in [0.3, 0.4) is 0 Å². The van der Waals surface area contributed by atoms with Crippen LogP contribution < -0.4 is 5.73 Å². The molecule has 1 heterocycles. The third-order valence-corrected chi connectivity index (χ3v) is 3.71. The van der Waals surface area contributed by atoms with Crippen molar-refractivity contribution in [2.24, 2.45) is 5.73 Å². The summed E-state index contributed by atoms with van der Waals surface area (Å²) in [5.41, 5.74) is 6.79. The monoisotopic (exact) mass is 291 g/mol. The summed E-state index contributed by atoms with van der Waals surface area (Å²) in [5.74, 6) is 0.0649. The fraction of sp³-hybridized carbons (Fsp3) is 0.286. The Morgan fingerprint density at radius 3 is 3.00 bits per heavy atom. The van der Waals surface area contributed by atoms with Gasteiger partial charge in [0.05, 0.1) is 5.01 Å². The van der Waals surface area contributed by atoms with Gasteiger partial charge in [0.2, 0.25) is 0 Å². The minimum atomic E-state index is -0.132. The quantitative estimate of drug-likeness (QED) is 0.877. The molecule has 0 atom stereocenters. The molecule has 0 radical (unpaired) electrons. The maximum Gasteiger partial charge on any atom is 0.273 e. The molecule has 1 aromatic carbocycles. The van der Waals surface area contributed by atoms with Crippen molar-refractivity contribution in [1.29, 1.82) is 0 Å². The molecule has 2 aromatic rings. The lowest BCUT2D eigenvalue weighted by Crippen LogP contribution is -2.26. The van der Waals surface area contributed by atoms with Crippen LogP contribution in [0.15, 0.2) is 29.6 Å². The fourth-order valence-corrected chi connectivity index (χ4v) is 2.63. The molecule has 0 unspecified atom stereocenters. The predicted octanol–water partition coefficient (Wildman–Crippen LogP) is 1.62. The van der Waals surface area contributed by atoms with Crippen LogP contribution in [0.5, 0.6) is 5.75 Å². The highest BCUT2D eigenvalue weighted by Gasteiger charge is 2.15. The molecule has 3 N–H and O–H groups in total. The Hall–Kier alpha value is -1.92. The molecule has 0 aliphatic rings. The van der Waals surface area contributed by atoms with E-state index in [2.05, 4.69) is 4.98 Å². The molecule has 5 nitrogen and oxygen atoms in total. The number of nitrogens with two attached hydrogens (primary N) is 1. The molecule has 2 rings (SSSR count). The first-order valence-corrected chi connectivity index (χ1v) is 7.16. The van der Waals surface area contributed by atoms with E-state index in [1.165, 1.54) is 11.3 Å². The van der Waals surface area contributed by atoms with Crippen molar-refractivity contribution in [2.45, 2.75) is 13.0 Å². The van der Waals surface area contributed by atoms with Crippen LogP contribution in [0.1, 0.15) is 21.1 Å². The van der Waals surface area contributed by atoms with Crippen molar-refractivity contribution in [3.8, 4) is 5.75 Å². The molecule has 0 saturated heterocycles. The highest BCUT2D eigenvalue weighted by Crippen LogP contribution is 2.15. The van der Waals surface area contributed by atoms with Gasteiger partial charge in [-0.3, -0.25) is 4.79 Å². The zero-order valence-corrected chi connectivity index (χ0v) is 12.1. The number of rotatable bonds is 5. The van der Waals surface area contributed by atoms with Gasteiger partial charge in [0.1, 0.15) is 11.4 Å². The number of phenols is 1. The number of benzene rings is 1. The van der Waals surface area contributed by atoms with Crippen molar-refractivity contribution >= 4 is 17.2 Å². The largest absolute Gasteiger partial charge is 0.508 e. The number of carbonyl (C=O) groups excluding carboxylic acids is 1. The van der Waals surface area contributed by atoms with Crippen LogP contribution in [0.25, 0.3) is 0 Å². The molecule has 0 spiro atoms. The summed E-state index contributed by atoms with van der Waals surface area (Å²) in [7, 11) is 1.72. The molecule has 0 bridgehead atoms. The first kappa shape index (κ1) is 14.5. The third kappa shape index (κ3) is 3.55. The number of carbonyl (C=O) groups is 1. The van der Waals surface area contributed by atoms with Crippen molar-refractivity contribution in [1.82, 2.24) is 9.88 Å². The zero-order valence-electron chi connectivity index (χ0n) is 11.2. The van der Waals surface area contributed by atoms with Crippen molar-refractivity contribution < 1.29 is 9.90 Å². The Labute approximate surface area is 121 Å². The van der Waals surface area contributed by atoms with Gasteiger partial charge < -0.3 is 15.7 Å². The van der Waals surface area contributed by atoms with Gasteiger partial charge in [0.25, 0.3) is 5.91 Å². The summed E-state index contributed by atoms with van der Waals surface area (Å²) in [6.07, 6.45) is 0.689. The molecule has 1 aromatic heterocycles. The Morgan fingerprint density at radius 1 is 1.50 bits per heavy atom. The summed E-state index contributed by atoms with van der Waals surface area (Å²) >= 11 is 1.45. The normalized spacial score (nSPS) is 10.5. The maximum absolute atomic E-state index is 12.2. The number of aromatic nitrogens is 1. The molecule has 0 fully saturated rings. The van der Waals surface area contributed by atoms with Gasteiger partial charge in [-0.1, -0.05) is 12.1 Å². The van der Waals surface area contributed by atoms with Gasteiger partial charge in [-0.2, -0.15) is 0 Å². The predicted molar refractivity (Wildman–Crippen MR) is 78.8 cm³/mol. The molecular weight excluding hydrogens is 274 g/mol. The lowest BCUT2D eigenvalue weighted by atomic mass is 10.2. The number of hydrogen-bond acceptors (Lipinski definition) is 5. The molecule has 1 amide bonds. The van der Waals surface area contributed by atoms with E-state index in [1.807, 2.05) is 6.07 Å². The molecule has 20 heavy (non-hydrogen) atoms. The molecular formula is C14H17N3O2S. The highest BCUT2D eigenvalue weighted by molar-refractivity contribution is 7.09. The van der Waals surface area contributed by atoms with E-state index in [4.69, 9.17) is 5.73 Å². The van der Waals surface area contributed by atoms with E-state index in [0.29, 0.717) is 25.2 Å². The second-order valence-electron chi connectivity index (χ2n) is 4.50. The number of thiazole rings is 1. The standard InChI is InChI=1S/C14H17N3O2S/c1-17(8-10-3-2-4-11(18)7-10)14(19)12-9-20-13(16-12)5-6-15/h2-4,7,9,18H,5-6,8,15H2,1H3. The van der Waals surface area contributed by atoms with E-state index >= 15 is 0 Å². The second kappa shape index (κ2) is 6.49. The van der Waals surface area contributed by atoms with E-state index in [-0.39, 0.29) is 11.7 Å². The van der Waals surface area contributed by atoms with Crippen LogP contribution >= 0.6 is 11.3 Å². The smallest absolute Gasteiger partial charge is 0.273 e. The Balaban J connectivity index is 2.04. The van der Waals surface area contributed by atoms with Crippen molar-refractivity contribution in [3.63, 3.8) is 0 Å². The van der Waals surface area contributed by atoms with Crippen LogP contribution in [-0.4, -0.2) is 34.5 Å². The second-order valence-corrected chi connectivity index (χ2v) is 5.44. The average molecular weight is 291 g/mol. The molecule has 0 aliphatic heterocycles. The minimum Gasteiger partial charge on any atom is -0.508 e. The summed E-state index contributed by atoms with van der Waals surface area (Å²) in [4.78, 5) is 18.1. The Kier molecular flexibility index (Phi) is 4.70. The number of amides is 1. The van der Waals surface area contributed by atoms with Crippen molar-refractivity contribution in [2.75, 3.05) is 13.6 Å². The van der Waals surface area contributed by atoms with E-state index in [9.17, 15) is 9.90 Å². The summed E-state index contributed by atoms with van der Waals surface area (Å²) < 4.78 is 0. The first-order chi connectivity index (χ1) is 9.60. The zero-order chi connectivity index (χ0) is 14.5. The van der Waals surface area contributed by atoms with E-state index < -0.39 is 0 Å². The van der Waals surface area contributed by atoms with Crippen molar-refractivity contribution in [3.05, 3.63) is 45.9 Å². The van der Waals surface area contributed by atoms with Gasteiger partial charge in [-0.15, -0.1) is 11.3 Å². The number of aromatic hydroxyl groups is 1. The summed E-state index contributed by atoms with van der Waals surface area (Å²) in [6.45, 7) is 0.956. The van der Waals surface area contributed by atoms with E-state index in [0.717, 1.165) is 10.6 Å². The minimum absolute atomic E-state index is 0.132. The van der Waals surface area contributed by atoms with Crippen LogP contribution in [0.4, 0.5) is 0 Å². The molecule has 6 heteroatoms. The van der Waals surface area contributed by atoms with Gasteiger partial charge in [-0.25, -0.2) is 4.98 Å². The summed E-state index contributed by atoms with van der Waals surface area (Å²) in [5, 5.41) is 12.1. The van der Waals surface area contributed by atoms with Crippen LogP contribution in [0.2, 0.25) is 0 Å². The van der Waals surface area contributed by atoms with Gasteiger partial charge in [0, 0.05) is 25.4 Å². The third-order valence-electron chi connectivity index (χ3n) is 2.81. The molecule has 0 saturated carbocycles.